The number of nitrogens with zero attached hydrogens (tertiary/aromatic N) is 2. The summed E-state index contributed by atoms with van der Waals surface area (Å²) in [5, 5.41) is 16.0. The van der Waals surface area contributed by atoms with E-state index >= 15 is 0 Å². The molecule has 116 valence electrons. The average molecular weight is 301 g/mol. The van der Waals surface area contributed by atoms with Gasteiger partial charge in [-0.3, -0.25) is 9.48 Å². The van der Waals surface area contributed by atoms with Crippen LogP contribution in [0.1, 0.15) is 40.0 Å². The van der Waals surface area contributed by atoms with Crippen molar-refractivity contribution in [2.24, 2.45) is 0 Å². The van der Waals surface area contributed by atoms with Gasteiger partial charge in [-0.05, 0) is 37.5 Å². The van der Waals surface area contributed by atoms with Crippen molar-refractivity contribution in [2.45, 2.75) is 33.4 Å². The summed E-state index contributed by atoms with van der Waals surface area (Å²) in [7, 11) is 0. The summed E-state index contributed by atoms with van der Waals surface area (Å²) in [6.45, 7) is 6.41. The fourth-order valence-corrected chi connectivity index (χ4v) is 2.10. The normalized spacial score (nSPS) is 12.0. The van der Waals surface area contributed by atoms with E-state index < -0.39 is 17.9 Å². The van der Waals surface area contributed by atoms with Crippen molar-refractivity contribution < 1.29 is 14.7 Å². The minimum Gasteiger partial charge on any atom is -0.479 e. The van der Waals surface area contributed by atoms with Crippen LogP contribution in [-0.2, 0) is 11.3 Å². The van der Waals surface area contributed by atoms with Crippen molar-refractivity contribution in [3.63, 3.8) is 0 Å². The lowest BCUT2D eigenvalue weighted by atomic mass is 10.0. The Morgan fingerprint density at radius 2 is 2.05 bits per heavy atom. The molecule has 0 aliphatic carbocycles. The van der Waals surface area contributed by atoms with Crippen molar-refractivity contribution in [2.75, 3.05) is 0 Å². The van der Waals surface area contributed by atoms with E-state index in [0.29, 0.717) is 17.7 Å². The van der Waals surface area contributed by atoms with Crippen LogP contribution in [-0.4, -0.2) is 26.8 Å². The quantitative estimate of drug-likeness (QED) is 0.885. The van der Waals surface area contributed by atoms with Crippen LogP contribution in [0.4, 0.5) is 0 Å². The van der Waals surface area contributed by atoms with E-state index in [1.54, 1.807) is 23.0 Å². The highest BCUT2D eigenvalue weighted by molar-refractivity contribution is 5.96. The molecule has 1 heterocycles. The number of carboxylic acid groups (broad SMARTS) is 1. The van der Waals surface area contributed by atoms with E-state index in [1.165, 1.54) is 6.20 Å². The molecule has 22 heavy (non-hydrogen) atoms. The first-order chi connectivity index (χ1) is 10.4. The molecule has 0 aliphatic rings. The van der Waals surface area contributed by atoms with Gasteiger partial charge in [0.05, 0.1) is 11.8 Å². The number of benzene rings is 1. The van der Waals surface area contributed by atoms with E-state index in [0.717, 1.165) is 11.1 Å². The maximum absolute atomic E-state index is 12.2. The number of carbonyl (C=O) groups excluding carboxylic acids is 1. The molecule has 1 amide bonds. The summed E-state index contributed by atoms with van der Waals surface area (Å²) < 4.78 is 1.61. The molecule has 1 unspecified atom stereocenters. The molecule has 2 rings (SSSR count). The van der Waals surface area contributed by atoms with E-state index in [2.05, 4.69) is 10.4 Å². The average Bonchev–Trinajstić information content (AvgIpc) is 2.96. The van der Waals surface area contributed by atoms with Crippen molar-refractivity contribution in [3.05, 3.63) is 52.8 Å². The number of amides is 1. The monoisotopic (exact) mass is 301 g/mol. The minimum absolute atomic E-state index is 0.344. The number of aryl methyl sites for hydroxylation is 3. The zero-order valence-corrected chi connectivity index (χ0v) is 12.8. The molecule has 0 saturated heterocycles. The summed E-state index contributed by atoms with van der Waals surface area (Å²) in [6.07, 6.45) is 3.02. The lowest BCUT2D eigenvalue weighted by molar-refractivity contribution is -0.139. The molecule has 2 aromatic rings. The van der Waals surface area contributed by atoms with Gasteiger partial charge in [0.2, 0.25) is 0 Å². The van der Waals surface area contributed by atoms with Crippen LogP contribution in [0.15, 0.2) is 30.6 Å². The fourth-order valence-electron chi connectivity index (χ4n) is 2.10. The first kappa shape index (κ1) is 15.8. The van der Waals surface area contributed by atoms with Gasteiger partial charge in [0.25, 0.3) is 5.91 Å². The molecule has 0 radical (unpaired) electrons. The SMILES string of the molecule is CCn1cc(C(=O)NC(C(=O)O)c2ccc(C)c(C)c2)cn1. The van der Waals surface area contributed by atoms with Gasteiger partial charge in [0.1, 0.15) is 0 Å². The highest BCUT2D eigenvalue weighted by Gasteiger charge is 2.23. The van der Waals surface area contributed by atoms with Gasteiger partial charge in [-0.15, -0.1) is 0 Å². The molecule has 0 bridgehead atoms. The highest BCUT2D eigenvalue weighted by Crippen LogP contribution is 2.18. The molecular formula is C16H19N3O3. The second-order valence-corrected chi connectivity index (χ2v) is 5.17. The summed E-state index contributed by atoms with van der Waals surface area (Å²) in [4.78, 5) is 23.7. The number of rotatable bonds is 5. The lowest BCUT2D eigenvalue weighted by Crippen LogP contribution is -2.33. The van der Waals surface area contributed by atoms with E-state index in [-0.39, 0.29) is 0 Å². The zero-order valence-electron chi connectivity index (χ0n) is 12.8. The van der Waals surface area contributed by atoms with Crippen LogP contribution in [0.5, 0.6) is 0 Å². The molecule has 2 N–H and O–H groups in total. The van der Waals surface area contributed by atoms with Crippen LogP contribution in [0.2, 0.25) is 0 Å². The molecule has 0 fully saturated rings. The largest absolute Gasteiger partial charge is 0.479 e. The van der Waals surface area contributed by atoms with E-state index in [9.17, 15) is 14.7 Å². The number of aliphatic carboxylic acids is 1. The van der Waals surface area contributed by atoms with Gasteiger partial charge in [0, 0.05) is 12.7 Å². The third-order valence-corrected chi connectivity index (χ3v) is 3.61. The molecule has 1 atom stereocenters. The van der Waals surface area contributed by atoms with Crippen LogP contribution in [0.25, 0.3) is 0 Å². The van der Waals surface area contributed by atoms with Crippen LogP contribution >= 0.6 is 0 Å². The van der Waals surface area contributed by atoms with Crippen molar-refractivity contribution in [3.8, 4) is 0 Å². The van der Waals surface area contributed by atoms with Gasteiger partial charge in [0.15, 0.2) is 6.04 Å². The number of nitrogens with one attached hydrogen (secondary N) is 1. The molecular weight excluding hydrogens is 282 g/mol. The Labute approximate surface area is 128 Å². The second kappa shape index (κ2) is 6.43. The molecule has 0 saturated carbocycles. The van der Waals surface area contributed by atoms with Crippen LogP contribution in [0, 0.1) is 13.8 Å². The summed E-state index contributed by atoms with van der Waals surface area (Å²) in [5.41, 5.74) is 2.95. The van der Waals surface area contributed by atoms with Crippen LogP contribution < -0.4 is 5.32 Å². The Balaban J connectivity index is 2.23. The Hall–Kier alpha value is -2.63. The second-order valence-electron chi connectivity index (χ2n) is 5.17. The third kappa shape index (κ3) is 3.33. The minimum atomic E-state index is -1.10. The lowest BCUT2D eigenvalue weighted by Gasteiger charge is -2.15. The first-order valence-electron chi connectivity index (χ1n) is 7.05. The Morgan fingerprint density at radius 1 is 1.32 bits per heavy atom. The third-order valence-electron chi connectivity index (χ3n) is 3.61. The maximum Gasteiger partial charge on any atom is 0.330 e. The number of carboxylic acids is 1. The van der Waals surface area contributed by atoms with Gasteiger partial charge >= 0.3 is 5.97 Å². The number of aromatic nitrogens is 2. The van der Waals surface area contributed by atoms with Gasteiger partial charge in [-0.1, -0.05) is 18.2 Å². The van der Waals surface area contributed by atoms with Crippen molar-refractivity contribution in [1.29, 1.82) is 0 Å². The summed E-state index contributed by atoms with van der Waals surface area (Å²) in [5.74, 6) is -1.55. The molecule has 0 aliphatic heterocycles. The van der Waals surface area contributed by atoms with Gasteiger partial charge in [-0.2, -0.15) is 5.10 Å². The molecule has 6 heteroatoms. The number of hydrogen-bond acceptors (Lipinski definition) is 3. The molecule has 1 aromatic heterocycles. The molecule has 6 nitrogen and oxygen atoms in total. The number of hydrogen-bond donors (Lipinski definition) is 2. The van der Waals surface area contributed by atoms with Crippen molar-refractivity contribution >= 4 is 11.9 Å². The zero-order chi connectivity index (χ0) is 16.3. The predicted molar refractivity (Wildman–Crippen MR) is 81.7 cm³/mol. The summed E-state index contributed by atoms with van der Waals surface area (Å²) >= 11 is 0. The first-order valence-corrected chi connectivity index (χ1v) is 7.05. The topological polar surface area (TPSA) is 84.2 Å². The smallest absolute Gasteiger partial charge is 0.330 e. The molecule has 1 aromatic carbocycles. The van der Waals surface area contributed by atoms with Gasteiger partial charge in [-0.25, -0.2) is 4.79 Å². The molecule has 0 spiro atoms. The van der Waals surface area contributed by atoms with Crippen LogP contribution in [0.3, 0.4) is 0 Å². The summed E-state index contributed by atoms with van der Waals surface area (Å²) in [6, 6.07) is 4.26. The Morgan fingerprint density at radius 3 is 2.59 bits per heavy atom. The maximum atomic E-state index is 12.2. The van der Waals surface area contributed by atoms with Crippen molar-refractivity contribution in [1.82, 2.24) is 15.1 Å². The highest BCUT2D eigenvalue weighted by atomic mass is 16.4. The van der Waals surface area contributed by atoms with E-state index in [1.807, 2.05) is 26.8 Å². The Kier molecular flexibility index (Phi) is 4.60. The Bertz CT molecular complexity index is 706. The standard InChI is InChI=1S/C16H19N3O3/c1-4-19-9-13(8-17-19)15(20)18-14(16(21)22)12-6-5-10(2)11(3)7-12/h5-9,14H,4H2,1-3H3,(H,18,20)(H,21,22). The van der Waals surface area contributed by atoms with Gasteiger partial charge < -0.3 is 10.4 Å². The predicted octanol–water partition coefficient (Wildman–Crippen LogP) is 2.08. The number of carbonyl (C=O) groups is 2. The fraction of sp³-hybridized carbons (Fsp3) is 0.312. The van der Waals surface area contributed by atoms with E-state index in [4.69, 9.17) is 0 Å².